The van der Waals surface area contributed by atoms with Crippen LogP contribution in [0.1, 0.15) is 75.1 Å². The molecule has 1 unspecified atom stereocenters. The molecule has 2 saturated carbocycles. The molecule has 4 rings (SSSR count). The van der Waals surface area contributed by atoms with Gasteiger partial charge in [-0.1, -0.05) is 31.4 Å². The molecule has 0 radical (unpaired) electrons. The monoisotopic (exact) mass is 409 g/mol. The Bertz CT molecular complexity index is 767. The summed E-state index contributed by atoms with van der Waals surface area (Å²) in [5.41, 5.74) is 2.20. The minimum atomic E-state index is -0.0290. The molecule has 0 saturated heterocycles. The first kappa shape index (κ1) is 21.2. The van der Waals surface area contributed by atoms with Crippen LogP contribution in [0.4, 0.5) is 0 Å². The Morgan fingerprint density at radius 2 is 1.73 bits per heavy atom. The summed E-state index contributed by atoms with van der Waals surface area (Å²) in [7, 11) is 1.71. The van der Waals surface area contributed by atoms with Gasteiger partial charge in [-0.15, -0.1) is 0 Å². The zero-order valence-corrected chi connectivity index (χ0v) is 18.2. The van der Waals surface area contributed by atoms with Gasteiger partial charge in [0.15, 0.2) is 11.5 Å². The summed E-state index contributed by atoms with van der Waals surface area (Å²) in [6.45, 7) is 0.822. The molecule has 0 spiro atoms. The van der Waals surface area contributed by atoms with E-state index in [2.05, 4.69) is 23.2 Å². The average Bonchev–Trinajstić information content (AvgIpc) is 3.31. The van der Waals surface area contributed by atoms with Gasteiger partial charge in [-0.05, 0) is 74.3 Å². The van der Waals surface area contributed by atoms with Crippen LogP contribution in [-0.4, -0.2) is 24.8 Å². The third-order valence-electron chi connectivity index (χ3n) is 6.53. The highest BCUT2D eigenvalue weighted by Crippen LogP contribution is 2.36. The molecule has 30 heavy (non-hydrogen) atoms. The third kappa shape index (κ3) is 5.75. The van der Waals surface area contributed by atoms with Gasteiger partial charge in [0.05, 0.1) is 25.9 Å². The van der Waals surface area contributed by atoms with Crippen LogP contribution in [0.15, 0.2) is 42.6 Å². The van der Waals surface area contributed by atoms with Crippen molar-refractivity contribution in [1.29, 1.82) is 0 Å². The van der Waals surface area contributed by atoms with Crippen molar-refractivity contribution in [3.8, 4) is 11.5 Å². The van der Waals surface area contributed by atoms with Gasteiger partial charge in [0.1, 0.15) is 0 Å². The van der Waals surface area contributed by atoms with Gasteiger partial charge in [-0.25, -0.2) is 0 Å². The second-order valence-corrected chi connectivity index (χ2v) is 8.79. The number of hydrogen-bond donors (Lipinski definition) is 0. The lowest BCUT2D eigenvalue weighted by molar-refractivity contribution is 0.0191. The minimum Gasteiger partial charge on any atom is -0.493 e. The van der Waals surface area contributed by atoms with Gasteiger partial charge >= 0.3 is 0 Å². The molecule has 4 heteroatoms. The SMILES string of the molecule is COc1ccc(C(Cc2ccccn2)OCC2CCCCC2)cc1OC1CCCC1. The maximum Gasteiger partial charge on any atom is 0.161 e. The quantitative estimate of drug-likeness (QED) is 0.488. The van der Waals surface area contributed by atoms with Crippen LogP contribution in [0.25, 0.3) is 0 Å². The molecule has 1 heterocycles. The predicted molar refractivity (Wildman–Crippen MR) is 119 cm³/mol. The lowest BCUT2D eigenvalue weighted by Gasteiger charge is -2.26. The van der Waals surface area contributed by atoms with Gasteiger partial charge in [-0.3, -0.25) is 4.98 Å². The Kier molecular flexibility index (Phi) is 7.63. The van der Waals surface area contributed by atoms with Crippen LogP contribution >= 0.6 is 0 Å². The summed E-state index contributed by atoms with van der Waals surface area (Å²) in [4.78, 5) is 4.54. The maximum absolute atomic E-state index is 6.53. The molecule has 0 aliphatic heterocycles. The molecule has 0 bridgehead atoms. The smallest absolute Gasteiger partial charge is 0.161 e. The number of pyridine rings is 1. The third-order valence-corrected chi connectivity index (χ3v) is 6.53. The van der Waals surface area contributed by atoms with Crippen molar-refractivity contribution < 1.29 is 14.2 Å². The fourth-order valence-corrected chi connectivity index (χ4v) is 4.76. The molecule has 0 amide bonds. The molecule has 0 N–H and O–H groups in total. The summed E-state index contributed by atoms with van der Waals surface area (Å²) >= 11 is 0. The molecular weight excluding hydrogens is 374 g/mol. The fourth-order valence-electron chi connectivity index (χ4n) is 4.76. The highest BCUT2D eigenvalue weighted by Gasteiger charge is 2.22. The van der Waals surface area contributed by atoms with E-state index in [0.29, 0.717) is 12.0 Å². The number of methoxy groups -OCH3 is 1. The molecule has 1 aromatic heterocycles. The summed E-state index contributed by atoms with van der Waals surface area (Å²) in [6, 6.07) is 12.4. The first-order valence-electron chi connectivity index (χ1n) is 11.7. The van der Waals surface area contributed by atoms with E-state index in [0.717, 1.165) is 48.6 Å². The maximum atomic E-state index is 6.53. The number of ether oxygens (including phenoxy) is 3. The topological polar surface area (TPSA) is 40.6 Å². The van der Waals surface area contributed by atoms with Crippen LogP contribution < -0.4 is 9.47 Å². The molecule has 4 nitrogen and oxygen atoms in total. The normalized spacial score (nSPS) is 19.0. The average molecular weight is 410 g/mol. The molecule has 2 aliphatic carbocycles. The van der Waals surface area contributed by atoms with Crippen LogP contribution in [0.2, 0.25) is 0 Å². The largest absolute Gasteiger partial charge is 0.493 e. The zero-order chi connectivity index (χ0) is 20.6. The van der Waals surface area contributed by atoms with E-state index >= 15 is 0 Å². The summed E-state index contributed by atoms with van der Waals surface area (Å²) < 4.78 is 18.5. The van der Waals surface area contributed by atoms with Crippen molar-refractivity contribution in [3.05, 3.63) is 53.9 Å². The van der Waals surface area contributed by atoms with E-state index in [4.69, 9.17) is 14.2 Å². The highest BCUT2D eigenvalue weighted by atomic mass is 16.5. The van der Waals surface area contributed by atoms with Gasteiger partial charge in [0.2, 0.25) is 0 Å². The Morgan fingerprint density at radius 1 is 0.933 bits per heavy atom. The molecule has 2 aliphatic rings. The van der Waals surface area contributed by atoms with E-state index in [1.807, 2.05) is 24.4 Å². The van der Waals surface area contributed by atoms with E-state index in [1.54, 1.807) is 7.11 Å². The number of nitrogens with zero attached hydrogens (tertiary/aromatic N) is 1. The molecule has 162 valence electrons. The van der Waals surface area contributed by atoms with Crippen molar-refractivity contribution >= 4 is 0 Å². The second kappa shape index (κ2) is 10.8. The van der Waals surface area contributed by atoms with Crippen LogP contribution in [0.5, 0.6) is 11.5 Å². The van der Waals surface area contributed by atoms with E-state index in [-0.39, 0.29) is 6.10 Å². The summed E-state index contributed by atoms with van der Waals surface area (Å²) in [5, 5.41) is 0. The number of benzene rings is 1. The van der Waals surface area contributed by atoms with E-state index in [1.165, 1.54) is 44.9 Å². The lowest BCUT2D eigenvalue weighted by Crippen LogP contribution is -2.18. The number of rotatable bonds is 9. The van der Waals surface area contributed by atoms with Crippen molar-refractivity contribution in [2.75, 3.05) is 13.7 Å². The molecule has 1 aromatic carbocycles. The standard InChI is InChI=1S/C26H35NO3/c1-28-24-15-14-21(17-26(24)30-23-12-5-6-13-23)25(18-22-11-7-8-16-27-22)29-19-20-9-3-2-4-10-20/h7-8,11,14-17,20,23,25H,2-6,9-10,12-13,18-19H2,1H3. The van der Waals surface area contributed by atoms with Crippen molar-refractivity contribution in [2.45, 2.75) is 76.4 Å². The Labute approximate surface area is 181 Å². The highest BCUT2D eigenvalue weighted by molar-refractivity contribution is 5.44. The predicted octanol–water partition coefficient (Wildman–Crippen LogP) is 6.29. The van der Waals surface area contributed by atoms with Crippen molar-refractivity contribution in [2.24, 2.45) is 5.92 Å². The van der Waals surface area contributed by atoms with Gasteiger partial charge < -0.3 is 14.2 Å². The van der Waals surface area contributed by atoms with Crippen LogP contribution in [0, 0.1) is 5.92 Å². The second-order valence-electron chi connectivity index (χ2n) is 8.79. The Balaban J connectivity index is 1.52. The summed E-state index contributed by atoms with van der Waals surface area (Å²) in [6.07, 6.45) is 14.3. The molecular formula is C26H35NO3. The number of hydrogen-bond acceptors (Lipinski definition) is 4. The first-order valence-corrected chi connectivity index (χ1v) is 11.7. The molecule has 2 aromatic rings. The Morgan fingerprint density at radius 3 is 2.47 bits per heavy atom. The van der Waals surface area contributed by atoms with Crippen molar-refractivity contribution in [1.82, 2.24) is 4.98 Å². The zero-order valence-electron chi connectivity index (χ0n) is 18.2. The minimum absolute atomic E-state index is 0.0290. The van der Waals surface area contributed by atoms with Crippen LogP contribution in [-0.2, 0) is 11.2 Å². The van der Waals surface area contributed by atoms with Gasteiger partial charge in [-0.2, -0.15) is 0 Å². The fraction of sp³-hybridized carbons (Fsp3) is 0.577. The van der Waals surface area contributed by atoms with Crippen LogP contribution in [0.3, 0.4) is 0 Å². The molecule has 1 atom stereocenters. The van der Waals surface area contributed by atoms with E-state index < -0.39 is 0 Å². The van der Waals surface area contributed by atoms with E-state index in [9.17, 15) is 0 Å². The Hall–Kier alpha value is -2.07. The lowest BCUT2D eigenvalue weighted by atomic mass is 9.90. The van der Waals surface area contributed by atoms with Gasteiger partial charge in [0, 0.05) is 18.3 Å². The summed E-state index contributed by atoms with van der Waals surface area (Å²) in [5.74, 6) is 2.32. The number of aromatic nitrogens is 1. The van der Waals surface area contributed by atoms with Gasteiger partial charge in [0.25, 0.3) is 0 Å². The first-order chi connectivity index (χ1) is 14.8. The van der Waals surface area contributed by atoms with Crippen molar-refractivity contribution in [3.63, 3.8) is 0 Å². The molecule has 2 fully saturated rings.